The third-order valence-corrected chi connectivity index (χ3v) is 2.18. The van der Waals surface area contributed by atoms with Crippen molar-refractivity contribution in [2.24, 2.45) is 5.92 Å². The molecule has 1 aromatic rings. The molecule has 0 amide bonds. The Morgan fingerprint density at radius 2 is 2.22 bits per heavy atom. The predicted molar refractivity (Wildman–Crippen MR) is 65.7 cm³/mol. The first-order valence-electron chi connectivity index (χ1n) is 5.96. The lowest BCUT2D eigenvalue weighted by Gasteiger charge is -2.07. The number of carbonyl (C=O) groups excluding carboxylic acids is 1. The van der Waals surface area contributed by atoms with Gasteiger partial charge in [0.1, 0.15) is 19.5 Å². The van der Waals surface area contributed by atoms with Crippen molar-refractivity contribution in [3.05, 3.63) is 6.33 Å². The van der Waals surface area contributed by atoms with Gasteiger partial charge in [-0.05, 0) is 12.3 Å². The fourth-order valence-corrected chi connectivity index (χ4v) is 1.20. The highest BCUT2D eigenvalue weighted by Crippen LogP contribution is 1.98. The number of ether oxygens (including phenoxy) is 2. The van der Waals surface area contributed by atoms with Gasteiger partial charge in [0.2, 0.25) is 5.95 Å². The van der Waals surface area contributed by atoms with Gasteiger partial charge in [0.15, 0.2) is 0 Å². The summed E-state index contributed by atoms with van der Waals surface area (Å²) < 4.78 is 11.6. The standard InChI is InChI=1S/C11H20N4O3/c1-9(2)3-4-17-5-6-18-10(16)7-15-8-13-11(12)14-15/h8-9H,3-7H2,1-2H3,(H2,12,14). The van der Waals surface area contributed by atoms with E-state index in [1.165, 1.54) is 11.0 Å². The lowest BCUT2D eigenvalue weighted by molar-refractivity contribution is -0.146. The number of nitrogens with zero attached hydrogens (tertiary/aromatic N) is 3. The third-order valence-electron chi connectivity index (χ3n) is 2.18. The Kier molecular flexibility index (Phi) is 6.13. The number of carbonyl (C=O) groups is 1. The first-order chi connectivity index (χ1) is 8.58. The zero-order chi connectivity index (χ0) is 13.4. The molecule has 0 spiro atoms. The summed E-state index contributed by atoms with van der Waals surface area (Å²) in [7, 11) is 0. The van der Waals surface area contributed by atoms with Crippen molar-refractivity contribution in [2.45, 2.75) is 26.8 Å². The van der Waals surface area contributed by atoms with Crippen molar-refractivity contribution in [1.82, 2.24) is 14.8 Å². The number of hydrogen-bond acceptors (Lipinski definition) is 6. The lowest BCUT2D eigenvalue weighted by atomic mass is 10.1. The maximum atomic E-state index is 11.4. The van der Waals surface area contributed by atoms with Gasteiger partial charge >= 0.3 is 5.97 Å². The van der Waals surface area contributed by atoms with Crippen LogP contribution >= 0.6 is 0 Å². The predicted octanol–water partition coefficient (Wildman–Crippen LogP) is 0.466. The second kappa shape index (κ2) is 7.65. The van der Waals surface area contributed by atoms with E-state index in [2.05, 4.69) is 23.9 Å². The number of aromatic nitrogens is 3. The van der Waals surface area contributed by atoms with E-state index >= 15 is 0 Å². The minimum absolute atomic E-state index is 0.0101. The highest BCUT2D eigenvalue weighted by molar-refractivity contribution is 5.68. The molecule has 0 fully saturated rings. The fourth-order valence-electron chi connectivity index (χ4n) is 1.20. The van der Waals surface area contributed by atoms with Crippen LogP contribution in [0.25, 0.3) is 0 Å². The lowest BCUT2D eigenvalue weighted by Crippen LogP contribution is -2.17. The van der Waals surface area contributed by atoms with Crippen molar-refractivity contribution in [2.75, 3.05) is 25.6 Å². The molecule has 7 nitrogen and oxygen atoms in total. The van der Waals surface area contributed by atoms with E-state index in [1.807, 2.05) is 0 Å². The first kappa shape index (κ1) is 14.4. The van der Waals surface area contributed by atoms with Gasteiger partial charge in [-0.2, -0.15) is 0 Å². The van der Waals surface area contributed by atoms with Gasteiger partial charge in [-0.1, -0.05) is 13.8 Å². The van der Waals surface area contributed by atoms with Gasteiger partial charge in [0, 0.05) is 6.61 Å². The number of rotatable bonds is 8. The second-order valence-electron chi connectivity index (χ2n) is 4.32. The average Bonchev–Trinajstić information content (AvgIpc) is 2.68. The Bertz CT molecular complexity index is 365. The van der Waals surface area contributed by atoms with Crippen molar-refractivity contribution in [3.8, 4) is 0 Å². The van der Waals surface area contributed by atoms with Crippen LogP contribution < -0.4 is 5.73 Å². The Balaban J connectivity index is 2.03. The van der Waals surface area contributed by atoms with Crippen LogP contribution in [0, 0.1) is 5.92 Å². The summed E-state index contributed by atoms with van der Waals surface area (Å²) in [5.41, 5.74) is 5.32. The summed E-state index contributed by atoms with van der Waals surface area (Å²) in [6.45, 7) is 5.63. The third kappa shape index (κ3) is 6.19. The Labute approximate surface area is 106 Å². The summed E-state index contributed by atoms with van der Waals surface area (Å²) in [5, 5.41) is 3.78. The van der Waals surface area contributed by atoms with Crippen LogP contribution in [0.3, 0.4) is 0 Å². The molecule has 0 saturated carbocycles. The van der Waals surface area contributed by atoms with Crippen LogP contribution in [0.4, 0.5) is 5.95 Å². The van der Waals surface area contributed by atoms with E-state index in [9.17, 15) is 4.79 Å². The van der Waals surface area contributed by atoms with E-state index in [0.717, 1.165) is 6.42 Å². The molecule has 1 rings (SSSR count). The molecule has 0 aromatic carbocycles. The highest BCUT2D eigenvalue weighted by Gasteiger charge is 2.05. The summed E-state index contributed by atoms with van der Waals surface area (Å²) in [6.07, 6.45) is 2.39. The molecule has 2 N–H and O–H groups in total. The normalized spacial score (nSPS) is 10.8. The van der Waals surface area contributed by atoms with Crippen molar-refractivity contribution in [3.63, 3.8) is 0 Å². The van der Waals surface area contributed by atoms with Gasteiger partial charge in [-0.3, -0.25) is 4.79 Å². The molecule has 18 heavy (non-hydrogen) atoms. The van der Waals surface area contributed by atoms with Gasteiger partial charge in [0.25, 0.3) is 0 Å². The number of nitrogens with two attached hydrogens (primary N) is 1. The van der Waals surface area contributed by atoms with Crippen LogP contribution in [0.15, 0.2) is 6.33 Å². The molecular formula is C11H20N4O3. The SMILES string of the molecule is CC(C)CCOCCOC(=O)Cn1cnc(N)n1. The molecule has 0 bridgehead atoms. The Morgan fingerprint density at radius 1 is 1.44 bits per heavy atom. The molecule has 0 saturated heterocycles. The number of nitrogen functional groups attached to an aromatic ring is 1. The first-order valence-corrected chi connectivity index (χ1v) is 5.96. The van der Waals surface area contributed by atoms with Crippen LogP contribution in [0.2, 0.25) is 0 Å². The van der Waals surface area contributed by atoms with Crippen molar-refractivity contribution in [1.29, 1.82) is 0 Å². The number of esters is 1. The van der Waals surface area contributed by atoms with Gasteiger partial charge in [-0.25, -0.2) is 9.67 Å². The van der Waals surface area contributed by atoms with Crippen LogP contribution in [-0.4, -0.2) is 40.6 Å². The fraction of sp³-hybridized carbons (Fsp3) is 0.727. The summed E-state index contributed by atoms with van der Waals surface area (Å²) in [5.74, 6) is 0.373. The van der Waals surface area contributed by atoms with Crippen molar-refractivity contribution < 1.29 is 14.3 Å². The molecule has 0 atom stereocenters. The molecule has 7 heteroatoms. The number of anilines is 1. The maximum Gasteiger partial charge on any atom is 0.327 e. The van der Waals surface area contributed by atoms with E-state index in [0.29, 0.717) is 19.1 Å². The molecule has 0 unspecified atom stereocenters. The van der Waals surface area contributed by atoms with Gasteiger partial charge in [0.05, 0.1) is 6.61 Å². The van der Waals surface area contributed by atoms with Gasteiger partial charge < -0.3 is 15.2 Å². The van der Waals surface area contributed by atoms with Gasteiger partial charge in [-0.15, -0.1) is 5.10 Å². The van der Waals surface area contributed by atoms with Crippen LogP contribution in [0.1, 0.15) is 20.3 Å². The molecule has 102 valence electrons. The molecule has 1 aromatic heterocycles. The largest absolute Gasteiger partial charge is 0.462 e. The topological polar surface area (TPSA) is 92.3 Å². The molecule has 0 aliphatic heterocycles. The Morgan fingerprint density at radius 3 is 2.83 bits per heavy atom. The van der Waals surface area contributed by atoms with Crippen LogP contribution in [0.5, 0.6) is 0 Å². The number of hydrogen-bond donors (Lipinski definition) is 1. The second-order valence-corrected chi connectivity index (χ2v) is 4.32. The summed E-state index contributed by atoms with van der Waals surface area (Å²) in [4.78, 5) is 15.1. The molecule has 0 aliphatic rings. The van der Waals surface area contributed by atoms with E-state index in [4.69, 9.17) is 15.2 Å². The average molecular weight is 256 g/mol. The van der Waals surface area contributed by atoms with E-state index in [1.54, 1.807) is 0 Å². The Hall–Kier alpha value is -1.63. The minimum Gasteiger partial charge on any atom is -0.462 e. The summed E-state index contributed by atoms with van der Waals surface area (Å²) in [6, 6.07) is 0. The molecular weight excluding hydrogens is 236 g/mol. The zero-order valence-corrected chi connectivity index (χ0v) is 10.8. The zero-order valence-electron chi connectivity index (χ0n) is 10.8. The molecule has 1 heterocycles. The molecule has 0 aliphatic carbocycles. The smallest absolute Gasteiger partial charge is 0.327 e. The van der Waals surface area contributed by atoms with E-state index in [-0.39, 0.29) is 25.1 Å². The molecule has 0 radical (unpaired) electrons. The van der Waals surface area contributed by atoms with Crippen LogP contribution in [-0.2, 0) is 20.8 Å². The van der Waals surface area contributed by atoms with E-state index < -0.39 is 0 Å². The highest BCUT2D eigenvalue weighted by atomic mass is 16.6. The quantitative estimate of drug-likeness (QED) is 0.537. The minimum atomic E-state index is -0.382. The van der Waals surface area contributed by atoms with Crippen molar-refractivity contribution >= 4 is 11.9 Å². The maximum absolute atomic E-state index is 11.4. The monoisotopic (exact) mass is 256 g/mol. The summed E-state index contributed by atoms with van der Waals surface area (Å²) >= 11 is 0.